The van der Waals surface area contributed by atoms with E-state index in [0.717, 1.165) is 18.4 Å². The molecular formula is C16H31N5S. The molecule has 4 saturated heterocycles. The Balaban J connectivity index is 1.46. The van der Waals surface area contributed by atoms with Crippen LogP contribution < -0.4 is 21.4 Å². The molecule has 0 aromatic rings. The Labute approximate surface area is 138 Å². The molecule has 4 rings (SSSR count). The summed E-state index contributed by atoms with van der Waals surface area (Å²) in [6, 6.07) is 1.90. The zero-order valence-electron chi connectivity index (χ0n) is 14.0. The van der Waals surface area contributed by atoms with Crippen LogP contribution in [0.3, 0.4) is 0 Å². The molecule has 0 aliphatic carbocycles. The molecule has 4 aliphatic rings. The minimum Gasteiger partial charge on any atom is -0.315 e. The molecule has 8 atom stereocenters. The van der Waals surface area contributed by atoms with E-state index in [0.29, 0.717) is 34.9 Å². The second-order valence-electron chi connectivity index (χ2n) is 7.80. The van der Waals surface area contributed by atoms with Crippen molar-refractivity contribution in [2.45, 2.75) is 68.0 Å². The Morgan fingerprint density at radius 3 is 2.91 bits per heavy atom. The molecule has 22 heavy (non-hydrogen) atoms. The lowest BCUT2D eigenvalue weighted by molar-refractivity contribution is 0.141. The average molecular weight is 326 g/mol. The van der Waals surface area contributed by atoms with Gasteiger partial charge in [0.2, 0.25) is 0 Å². The summed E-state index contributed by atoms with van der Waals surface area (Å²) >= 11 is 2.17. The standard InChI is InChI=1S/C16H31N5S/c1-9-7-10(2)18-16-12(9)13-14(22-16)15(21(3)20-13)19-11-5-4-6-17-8-11/h9-20H,4-8H2,1-3H3. The highest BCUT2D eigenvalue weighted by Crippen LogP contribution is 2.48. The molecule has 0 aromatic heterocycles. The molecular weight excluding hydrogens is 294 g/mol. The quantitative estimate of drug-likeness (QED) is 0.595. The van der Waals surface area contributed by atoms with Crippen LogP contribution in [0, 0.1) is 11.8 Å². The second-order valence-corrected chi connectivity index (χ2v) is 9.12. The van der Waals surface area contributed by atoms with E-state index in [1.807, 2.05) is 0 Å². The average Bonchev–Trinajstić information content (AvgIpc) is 2.96. The fourth-order valence-corrected chi connectivity index (χ4v) is 7.12. The number of thioether (sulfide) groups is 1. The van der Waals surface area contributed by atoms with Gasteiger partial charge in [-0.3, -0.25) is 5.32 Å². The van der Waals surface area contributed by atoms with Crippen LogP contribution in [0.4, 0.5) is 0 Å². The number of piperidine rings is 2. The normalized spacial score (nSPS) is 52.5. The molecule has 5 nitrogen and oxygen atoms in total. The second kappa shape index (κ2) is 6.22. The lowest BCUT2D eigenvalue weighted by atomic mass is 9.79. The molecule has 8 unspecified atom stereocenters. The Hall–Kier alpha value is 0.150. The molecule has 0 saturated carbocycles. The van der Waals surface area contributed by atoms with E-state index in [-0.39, 0.29) is 0 Å². The summed E-state index contributed by atoms with van der Waals surface area (Å²) in [7, 11) is 2.21. The highest BCUT2D eigenvalue weighted by Gasteiger charge is 2.55. The highest BCUT2D eigenvalue weighted by molar-refractivity contribution is 8.00. The van der Waals surface area contributed by atoms with Crippen molar-refractivity contribution in [2.24, 2.45) is 11.8 Å². The van der Waals surface area contributed by atoms with Gasteiger partial charge >= 0.3 is 0 Å². The summed E-state index contributed by atoms with van der Waals surface area (Å²) < 4.78 is 0. The monoisotopic (exact) mass is 325 g/mol. The molecule has 4 heterocycles. The van der Waals surface area contributed by atoms with Crippen LogP contribution >= 0.6 is 11.8 Å². The molecule has 126 valence electrons. The largest absolute Gasteiger partial charge is 0.315 e. The van der Waals surface area contributed by atoms with E-state index in [1.165, 1.54) is 25.8 Å². The van der Waals surface area contributed by atoms with E-state index < -0.39 is 0 Å². The first-order valence-corrected chi connectivity index (χ1v) is 9.95. The summed E-state index contributed by atoms with van der Waals surface area (Å²) in [6.45, 7) is 7.09. The third-order valence-electron chi connectivity index (χ3n) is 6.04. The Kier molecular flexibility index (Phi) is 4.43. The topological polar surface area (TPSA) is 51.4 Å². The van der Waals surface area contributed by atoms with Crippen molar-refractivity contribution >= 4 is 11.8 Å². The first-order chi connectivity index (χ1) is 10.6. The van der Waals surface area contributed by atoms with Gasteiger partial charge in [0.25, 0.3) is 0 Å². The van der Waals surface area contributed by atoms with E-state index in [9.17, 15) is 0 Å². The molecule has 4 N–H and O–H groups in total. The first-order valence-electron chi connectivity index (χ1n) is 9.01. The van der Waals surface area contributed by atoms with E-state index in [2.05, 4.69) is 59.0 Å². The van der Waals surface area contributed by atoms with Gasteiger partial charge in [-0.25, -0.2) is 10.4 Å². The molecule has 0 bridgehead atoms. The van der Waals surface area contributed by atoms with Crippen LogP contribution in [0.2, 0.25) is 0 Å². The van der Waals surface area contributed by atoms with Crippen molar-refractivity contribution in [1.29, 1.82) is 0 Å². The molecule has 6 heteroatoms. The first kappa shape index (κ1) is 15.7. The van der Waals surface area contributed by atoms with Gasteiger partial charge in [-0.05, 0) is 38.6 Å². The zero-order chi connectivity index (χ0) is 15.3. The van der Waals surface area contributed by atoms with Crippen molar-refractivity contribution in [2.75, 3.05) is 20.1 Å². The Bertz CT molecular complexity index is 402. The lowest BCUT2D eigenvalue weighted by Crippen LogP contribution is -2.55. The number of hydrogen-bond donors (Lipinski definition) is 4. The number of hydrogen-bond acceptors (Lipinski definition) is 6. The third-order valence-corrected chi connectivity index (χ3v) is 7.65. The van der Waals surface area contributed by atoms with Crippen LogP contribution in [-0.4, -0.2) is 60.1 Å². The maximum Gasteiger partial charge on any atom is 0.0869 e. The SMILES string of the molecule is CC1CC(C)C2C(N1)SC1C2NN(C)C1NC1CCCNC1. The summed E-state index contributed by atoms with van der Waals surface area (Å²) in [5, 5.41) is 14.9. The van der Waals surface area contributed by atoms with Gasteiger partial charge in [0.15, 0.2) is 0 Å². The van der Waals surface area contributed by atoms with Crippen molar-refractivity contribution < 1.29 is 0 Å². The van der Waals surface area contributed by atoms with Crippen LogP contribution in [0.5, 0.6) is 0 Å². The maximum absolute atomic E-state index is 3.93. The fourth-order valence-electron chi connectivity index (χ4n) is 5.03. The summed E-state index contributed by atoms with van der Waals surface area (Å²) in [6.07, 6.45) is 4.36. The van der Waals surface area contributed by atoms with Gasteiger partial charge in [0.1, 0.15) is 0 Å². The minimum atomic E-state index is 0.454. The van der Waals surface area contributed by atoms with Crippen LogP contribution in [0.25, 0.3) is 0 Å². The summed E-state index contributed by atoms with van der Waals surface area (Å²) in [4.78, 5) is 0. The third kappa shape index (κ3) is 2.72. The molecule has 0 amide bonds. The zero-order valence-corrected chi connectivity index (χ0v) is 14.8. The number of fused-ring (bicyclic) bond motifs is 3. The summed E-state index contributed by atoms with van der Waals surface area (Å²) in [5.41, 5.74) is 3.79. The maximum atomic E-state index is 3.93. The number of nitrogens with one attached hydrogen (secondary N) is 4. The van der Waals surface area contributed by atoms with Gasteiger partial charge in [-0.15, -0.1) is 11.8 Å². The van der Waals surface area contributed by atoms with Crippen LogP contribution in [-0.2, 0) is 0 Å². The molecule has 0 radical (unpaired) electrons. The lowest BCUT2D eigenvalue weighted by Gasteiger charge is -2.39. The molecule has 4 aliphatic heterocycles. The van der Waals surface area contributed by atoms with Gasteiger partial charge in [-0.1, -0.05) is 6.92 Å². The van der Waals surface area contributed by atoms with Gasteiger partial charge in [0, 0.05) is 37.6 Å². The fraction of sp³-hybridized carbons (Fsp3) is 1.00. The van der Waals surface area contributed by atoms with Crippen LogP contribution in [0.15, 0.2) is 0 Å². The van der Waals surface area contributed by atoms with E-state index >= 15 is 0 Å². The van der Waals surface area contributed by atoms with Gasteiger partial charge in [-0.2, -0.15) is 0 Å². The van der Waals surface area contributed by atoms with E-state index in [4.69, 9.17) is 0 Å². The number of hydrazine groups is 1. The van der Waals surface area contributed by atoms with E-state index in [1.54, 1.807) is 0 Å². The van der Waals surface area contributed by atoms with Crippen molar-refractivity contribution in [3.63, 3.8) is 0 Å². The summed E-state index contributed by atoms with van der Waals surface area (Å²) in [5.74, 6) is 1.56. The number of nitrogens with zero attached hydrogens (tertiary/aromatic N) is 1. The highest BCUT2D eigenvalue weighted by atomic mass is 32.2. The van der Waals surface area contributed by atoms with Gasteiger partial charge < -0.3 is 10.6 Å². The van der Waals surface area contributed by atoms with Crippen molar-refractivity contribution in [3.8, 4) is 0 Å². The number of rotatable bonds is 2. The smallest absolute Gasteiger partial charge is 0.0869 e. The molecule has 0 spiro atoms. The predicted molar refractivity (Wildman–Crippen MR) is 92.5 cm³/mol. The Morgan fingerprint density at radius 2 is 2.14 bits per heavy atom. The predicted octanol–water partition coefficient (Wildman–Crippen LogP) is 0.548. The Morgan fingerprint density at radius 1 is 1.27 bits per heavy atom. The molecule has 4 fully saturated rings. The van der Waals surface area contributed by atoms with Crippen molar-refractivity contribution in [1.82, 2.24) is 26.4 Å². The van der Waals surface area contributed by atoms with Gasteiger partial charge in [0.05, 0.1) is 16.8 Å². The van der Waals surface area contributed by atoms with Crippen LogP contribution in [0.1, 0.15) is 33.1 Å². The van der Waals surface area contributed by atoms with Crippen molar-refractivity contribution in [3.05, 3.63) is 0 Å². The minimum absolute atomic E-state index is 0.454. The molecule has 0 aromatic carbocycles.